The zero-order chi connectivity index (χ0) is 13.3. The number of rotatable bonds is 5. The number of H-pyrrole nitrogens is 1. The summed E-state index contributed by atoms with van der Waals surface area (Å²) in [6, 6.07) is 0.626. The first-order valence-corrected chi connectivity index (χ1v) is 7.60. The molecule has 106 valence electrons. The highest BCUT2D eigenvalue weighted by Crippen LogP contribution is 2.54. The van der Waals surface area contributed by atoms with Crippen molar-refractivity contribution in [2.75, 3.05) is 6.61 Å². The van der Waals surface area contributed by atoms with Gasteiger partial charge >= 0.3 is 0 Å². The minimum Gasteiger partial charge on any atom is -0.378 e. The lowest BCUT2D eigenvalue weighted by Crippen LogP contribution is -2.62. The molecule has 19 heavy (non-hydrogen) atoms. The van der Waals surface area contributed by atoms with Crippen LogP contribution in [-0.4, -0.2) is 29.0 Å². The van der Waals surface area contributed by atoms with Gasteiger partial charge in [0.25, 0.3) is 0 Å². The number of ether oxygens (including phenoxy) is 1. The van der Waals surface area contributed by atoms with E-state index in [1.165, 1.54) is 43.4 Å². The van der Waals surface area contributed by atoms with Crippen molar-refractivity contribution in [1.82, 2.24) is 15.5 Å². The Morgan fingerprint density at radius 2 is 2.26 bits per heavy atom. The van der Waals surface area contributed by atoms with Gasteiger partial charge in [0.2, 0.25) is 0 Å². The van der Waals surface area contributed by atoms with Crippen LogP contribution in [0.1, 0.15) is 50.3 Å². The molecule has 4 nitrogen and oxygen atoms in total. The van der Waals surface area contributed by atoms with E-state index in [0.717, 1.165) is 13.2 Å². The maximum atomic E-state index is 5.95. The van der Waals surface area contributed by atoms with Crippen molar-refractivity contribution >= 4 is 0 Å². The number of aromatic nitrogens is 2. The molecule has 1 heterocycles. The van der Waals surface area contributed by atoms with Crippen LogP contribution in [0.4, 0.5) is 0 Å². The zero-order valence-electron chi connectivity index (χ0n) is 12.0. The lowest BCUT2D eigenvalue weighted by molar-refractivity contribution is -0.130. The van der Waals surface area contributed by atoms with Crippen LogP contribution in [0.5, 0.6) is 0 Å². The lowest BCUT2D eigenvalue weighted by Gasteiger charge is -2.54. The van der Waals surface area contributed by atoms with Gasteiger partial charge in [-0.1, -0.05) is 12.8 Å². The van der Waals surface area contributed by atoms with E-state index in [4.69, 9.17) is 4.74 Å². The monoisotopic (exact) mass is 263 g/mol. The molecule has 1 spiro atoms. The van der Waals surface area contributed by atoms with Crippen LogP contribution < -0.4 is 5.32 Å². The summed E-state index contributed by atoms with van der Waals surface area (Å²) in [6.45, 7) is 5.96. The molecule has 2 fully saturated rings. The lowest BCUT2D eigenvalue weighted by atomic mass is 9.60. The quantitative estimate of drug-likeness (QED) is 0.858. The molecule has 0 aliphatic heterocycles. The summed E-state index contributed by atoms with van der Waals surface area (Å²) < 4.78 is 5.95. The molecule has 0 amide bonds. The van der Waals surface area contributed by atoms with Crippen LogP contribution in [0.2, 0.25) is 0 Å². The normalized spacial score (nSPS) is 28.7. The minimum absolute atomic E-state index is 0.424. The topological polar surface area (TPSA) is 49.9 Å². The molecule has 0 saturated heterocycles. The Bertz CT molecular complexity index is 423. The van der Waals surface area contributed by atoms with Crippen LogP contribution in [0.25, 0.3) is 0 Å². The van der Waals surface area contributed by atoms with Gasteiger partial charge in [-0.05, 0) is 33.1 Å². The molecule has 2 saturated carbocycles. The summed E-state index contributed by atoms with van der Waals surface area (Å²) in [7, 11) is 0. The molecule has 2 aliphatic rings. The van der Waals surface area contributed by atoms with Crippen LogP contribution in [0.15, 0.2) is 6.20 Å². The molecular formula is C15H25N3O. The molecule has 0 radical (unpaired) electrons. The van der Waals surface area contributed by atoms with E-state index in [1.807, 2.05) is 6.20 Å². The van der Waals surface area contributed by atoms with Crippen molar-refractivity contribution in [1.29, 1.82) is 0 Å². The summed E-state index contributed by atoms with van der Waals surface area (Å²) in [4.78, 5) is 0. The Morgan fingerprint density at radius 1 is 1.47 bits per heavy atom. The van der Waals surface area contributed by atoms with E-state index in [2.05, 4.69) is 29.4 Å². The molecule has 1 aromatic heterocycles. The summed E-state index contributed by atoms with van der Waals surface area (Å²) >= 11 is 0. The molecular weight excluding hydrogens is 238 g/mol. The summed E-state index contributed by atoms with van der Waals surface area (Å²) in [5.74, 6) is 0. The van der Waals surface area contributed by atoms with Gasteiger partial charge in [0.15, 0.2) is 0 Å². The second kappa shape index (κ2) is 5.25. The Labute approximate surface area is 115 Å². The first kappa shape index (κ1) is 13.1. The minimum atomic E-state index is 0.424. The fourth-order valence-electron chi connectivity index (χ4n) is 3.96. The van der Waals surface area contributed by atoms with Gasteiger partial charge in [0.05, 0.1) is 12.3 Å². The SMILES string of the molecule is CCOC1CC(NCc2cn[nH]c2C)C12CCCC2. The predicted octanol–water partition coefficient (Wildman–Crippen LogP) is 2.55. The van der Waals surface area contributed by atoms with Gasteiger partial charge in [-0.2, -0.15) is 5.10 Å². The molecule has 0 aromatic carbocycles. The second-order valence-corrected chi connectivity index (χ2v) is 6.07. The summed E-state index contributed by atoms with van der Waals surface area (Å²) in [6.07, 6.45) is 8.99. The van der Waals surface area contributed by atoms with Gasteiger partial charge in [0.1, 0.15) is 0 Å². The molecule has 0 bridgehead atoms. The zero-order valence-corrected chi connectivity index (χ0v) is 12.0. The van der Waals surface area contributed by atoms with Crippen LogP contribution >= 0.6 is 0 Å². The second-order valence-electron chi connectivity index (χ2n) is 6.07. The number of hydrogen-bond acceptors (Lipinski definition) is 3. The fourth-order valence-corrected chi connectivity index (χ4v) is 3.96. The Balaban J connectivity index is 1.61. The average molecular weight is 263 g/mol. The maximum Gasteiger partial charge on any atom is 0.0661 e. The van der Waals surface area contributed by atoms with E-state index in [-0.39, 0.29) is 0 Å². The van der Waals surface area contributed by atoms with Gasteiger partial charge in [0, 0.05) is 35.9 Å². The molecule has 2 atom stereocenters. The third kappa shape index (κ3) is 2.21. The molecule has 2 unspecified atom stereocenters. The van der Waals surface area contributed by atoms with Crippen LogP contribution in [0, 0.1) is 12.3 Å². The van der Waals surface area contributed by atoms with Gasteiger partial charge in [-0.3, -0.25) is 5.10 Å². The van der Waals surface area contributed by atoms with Crippen molar-refractivity contribution < 1.29 is 4.74 Å². The number of aromatic amines is 1. The van der Waals surface area contributed by atoms with Crippen molar-refractivity contribution in [2.45, 2.75) is 64.6 Å². The van der Waals surface area contributed by atoms with E-state index in [1.54, 1.807) is 0 Å². The molecule has 2 N–H and O–H groups in total. The number of hydrogen-bond donors (Lipinski definition) is 2. The van der Waals surface area contributed by atoms with Crippen molar-refractivity contribution in [2.24, 2.45) is 5.41 Å². The Morgan fingerprint density at radius 3 is 2.89 bits per heavy atom. The van der Waals surface area contributed by atoms with Crippen molar-refractivity contribution in [3.05, 3.63) is 17.5 Å². The van der Waals surface area contributed by atoms with Crippen molar-refractivity contribution in [3.8, 4) is 0 Å². The third-order valence-electron chi connectivity index (χ3n) is 5.16. The van der Waals surface area contributed by atoms with E-state index in [0.29, 0.717) is 17.6 Å². The van der Waals surface area contributed by atoms with Crippen LogP contribution in [-0.2, 0) is 11.3 Å². The van der Waals surface area contributed by atoms with Gasteiger partial charge in [-0.25, -0.2) is 0 Å². The van der Waals surface area contributed by atoms with E-state index < -0.39 is 0 Å². The molecule has 2 aliphatic carbocycles. The summed E-state index contributed by atoms with van der Waals surface area (Å²) in [5.41, 5.74) is 2.88. The van der Waals surface area contributed by atoms with Gasteiger partial charge in [-0.15, -0.1) is 0 Å². The Hall–Kier alpha value is -0.870. The highest BCUT2D eigenvalue weighted by molar-refractivity contribution is 5.16. The molecule has 1 aromatic rings. The number of nitrogens with one attached hydrogen (secondary N) is 2. The summed E-state index contributed by atoms with van der Waals surface area (Å²) in [5, 5.41) is 10.8. The maximum absolute atomic E-state index is 5.95. The van der Waals surface area contributed by atoms with Crippen molar-refractivity contribution in [3.63, 3.8) is 0 Å². The third-order valence-corrected chi connectivity index (χ3v) is 5.16. The number of nitrogens with zero attached hydrogens (tertiary/aromatic N) is 1. The smallest absolute Gasteiger partial charge is 0.0661 e. The first-order valence-electron chi connectivity index (χ1n) is 7.60. The molecule has 3 rings (SSSR count). The number of aryl methyl sites for hydroxylation is 1. The Kier molecular flexibility index (Phi) is 3.63. The van der Waals surface area contributed by atoms with E-state index >= 15 is 0 Å². The highest BCUT2D eigenvalue weighted by atomic mass is 16.5. The largest absolute Gasteiger partial charge is 0.378 e. The molecule has 4 heteroatoms. The fraction of sp³-hybridized carbons (Fsp3) is 0.800. The standard InChI is InChI=1S/C15H25N3O/c1-3-19-14-8-13(15(14)6-4-5-7-15)16-9-12-10-17-18-11(12)2/h10,13-14,16H,3-9H2,1-2H3,(H,17,18). The van der Waals surface area contributed by atoms with Gasteiger partial charge < -0.3 is 10.1 Å². The first-order chi connectivity index (χ1) is 9.26. The average Bonchev–Trinajstić information content (AvgIpc) is 3.03. The van der Waals surface area contributed by atoms with E-state index in [9.17, 15) is 0 Å². The van der Waals surface area contributed by atoms with Crippen LogP contribution in [0.3, 0.4) is 0 Å². The predicted molar refractivity (Wildman–Crippen MR) is 74.9 cm³/mol. The highest BCUT2D eigenvalue weighted by Gasteiger charge is 2.56.